The molecule has 1 saturated heterocycles. The summed E-state index contributed by atoms with van der Waals surface area (Å²) in [6.07, 6.45) is 2.07. The van der Waals surface area contributed by atoms with E-state index in [0.717, 1.165) is 31.7 Å². The fraction of sp³-hybridized carbons (Fsp3) is 0.562. The molecule has 1 aromatic carbocycles. The van der Waals surface area contributed by atoms with E-state index in [1.165, 1.54) is 10.6 Å². The van der Waals surface area contributed by atoms with Crippen LogP contribution in [0, 0.1) is 0 Å². The maximum absolute atomic E-state index is 5.98. The van der Waals surface area contributed by atoms with Gasteiger partial charge in [-0.25, -0.2) is 0 Å². The molecular formula is C16H25N3S2. The second-order valence-corrected chi connectivity index (χ2v) is 7.65. The Kier molecular flexibility index (Phi) is 5.17. The first-order valence-electron chi connectivity index (χ1n) is 7.31. The van der Waals surface area contributed by atoms with Crippen molar-refractivity contribution in [2.75, 3.05) is 37.3 Å². The van der Waals surface area contributed by atoms with Gasteiger partial charge in [0.2, 0.25) is 0 Å². The van der Waals surface area contributed by atoms with Gasteiger partial charge in [0, 0.05) is 47.9 Å². The predicted octanol–water partition coefficient (Wildman–Crippen LogP) is 2.96. The van der Waals surface area contributed by atoms with E-state index in [-0.39, 0.29) is 5.54 Å². The van der Waals surface area contributed by atoms with Crippen LogP contribution < -0.4 is 10.6 Å². The second-order valence-electron chi connectivity index (χ2n) is 6.36. The third kappa shape index (κ3) is 3.71. The maximum atomic E-state index is 5.98. The van der Waals surface area contributed by atoms with Crippen molar-refractivity contribution in [3.63, 3.8) is 0 Å². The Morgan fingerprint density at radius 1 is 1.19 bits per heavy atom. The van der Waals surface area contributed by atoms with Gasteiger partial charge < -0.3 is 10.6 Å². The molecule has 0 amide bonds. The Labute approximate surface area is 137 Å². The zero-order valence-electron chi connectivity index (χ0n) is 13.3. The van der Waals surface area contributed by atoms with Crippen molar-refractivity contribution < 1.29 is 0 Å². The third-order valence-electron chi connectivity index (χ3n) is 4.04. The molecule has 1 aliphatic rings. The highest BCUT2D eigenvalue weighted by atomic mass is 32.2. The summed E-state index contributed by atoms with van der Waals surface area (Å²) in [4.78, 5) is 6.60. The number of hydrogen-bond donors (Lipinski definition) is 1. The van der Waals surface area contributed by atoms with E-state index >= 15 is 0 Å². The van der Waals surface area contributed by atoms with Gasteiger partial charge in [0.25, 0.3) is 0 Å². The van der Waals surface area contributed by atoms with E-state index in [1.54, 1.807) is 11.8 Å². The summed E-state index contributed by atoms with van der Waals surface area (Å²) >= 11 is 6.98. The van der Waals surface area contributed by atoms with Crippen molar-refractivity contribution in [2.24, 2.45) is 5.73 Å². The molecule has 1 fully saturated rings. The van der Waals surface area contributed by atoms with Gasteiger partial charge in [0.15, 0.2) is 0 Å². The van der Waals surface area contributed by atoms with Crippen molar-refractivity contribution in [1.29, 1.82) is 0 Å². The molecule has 1 heterocycles. The molecule has 2 rings (SSSR count). The average Bonchev–Trinajstić information content (AvgIpc) is 2.45. The van der Waals surface area contributed by atoms with Gasteiger partial charge in [0.1, 0.15) is 4.99 Å². The molecule has 1 aliphatic heterocycles. The molecule has 1 aromatic rings. The van der Waals surface area contributed by atoms with E-state index < -0.39 is 0 Å². The van der Waals surface area contributed by atoms with Crippen molar-refractivity contribution in [1.82, 2.24) is 4.90 Å². The molecule has 0 aromatic heterocycles. The molecule has 116 valence electrons. The standard InChI is InChI=1S/C16H25N3S2/c1-16(2,3)19-10-8-18(9-11-19)12-6-5-7-13(21-4)14(12)15(17)20/h5-7H,8-11H2,1-4H3,(H2,17,20). The van der Waals surface area contributed by atoms with E-state index in [0.29, 0.717) is 4.99 Å². The van der Waals surface area contributed by atoms with Gasteiger partial charge in [-0.2, -0.15) is 0 Å². The van der Waals surface area contributed by atoms with Gasteiger partial charge >= 0.3 is 0 Å². The highest BCUT2D eigenvalue weighted by Crippen LogP contribution is 2.31. The van der Waals surface area contributed by atoms with Crippen LogP contribution in [0.25, 0.3) is 0 Å². The molecule has 0 bridgehead atoms. The minimum absolute atomic E-state index is 0.235. The number of nitrogens with two attached hydrogens (primary N) is 1. The number of piperazine rings is 1. The molecule has 0 aliphatic carbocycles. The van der Waals surface area contributed by atoms with E-state index in [2.05, 4.69) is 55.0 Å². The SMILES string of the molecule is CSc1cccc(N2CCN(C(C)(C)C)CC2)c1C(N)=S. The highest BCUT2D eigenvalue weighted by Gasteiger charge is 2.27. The highest BCUT2D eigenvalue weighted by molar-refractivity contribution is 7.98. The summed E-state index contributed by atoms with van der Waals surface area (Å²) in [6.45, 7) is 11.0. The lowest BCUT2D eigenvalue weighted by Crippen LogP contribution is -2.53. The van der Waals surface area contributed by atoms with E-state index in [4.69, 9.17) is 18.0 Å². The zero-order valence-corrected chi connectivity index (χ0v) is 15.0. The smallest absolute Gasteiger partial charge is 0.107 e. The lowest BCUT2D eigenvalue weighted by Gasteiger charge is -2.43. The molecule has 5 heteroatoms. The van der Waals surface area contributed by atoms with Crippen molar-refractivity contribution in [3.05, 3.63) is 23.8 Å². The number of thioether (sulfide) groups is 1. The quantitative estimate of drug-likeness (QED) is 0.683. The van der Waals surface area contributed by atoms with Crippen molar-refractivity contribution in [2.45, 2.75) is 31.2 Å². The van der Waals surface area contributed by atoms with E-state index in [9.17, 15) is 0 Å². The van der Waals surface area contributed by atoms with Crippen LogP contribution in [0.1, 0.15) is 26.3 Å². The average molecular weight is 324 g/mol. The van der Waals surface area contributed by atoms with Crippen LogP contribution >= 0.6 is 24.0 Å². The van der Waals surface area contributed by atoms with Crippen LogP contribution in [-0.4, -0.2) is 47.9 Å². The van der Waals surface area contributed by atoms with Gasteiger partial charge in [-0.05, 0) is 39.2 Å². The normalized spacial score (nSPS) is 17.0. The zero-order chi connectivity index (χ0) is 15.6. The lowest BCUT2D eigenvalue weighted by molar-refractivity contribution is 0.128. The molecule has 21 heavy (non-hydrogen) atoms. The molecule has 0 spiro atoms. The number of anilines is 1. The largest absolute Gasteiger partial charge is 0.389 e. The van der Waals surface area contributed by atoms with Crippen LogP contribution in [-0.2, 0) is 0 Å². The van der Waals surface area contributed by atoms with Crippen LogP contribution in [0.15, 0.2) is 23.1 Å². The Hall–Kier alpha value is -0.780. The van der Waals surface area contributed by atoms with E-state index in [1.807, 2.05) is 0 Å². The fourth-order valence-corrected chi connectivity index (χ4v) is 3.73. The van der Waals surface area contributed by atoms with Gasteiger partial charge in [-0.3, -0.25) is 4.90 Å². The minimum Gasteiger partial charge on any atom is -0.389 e. The van der Waals surface area contributed by atoms with Gasteiger partial charge in [0.05, 0.1) is 0 Å². The molecule has 0 unspecified atom stereocenters. The van der Waals surface area contributed by atoms with Crippen molar-refractivity contribution in [3.8, 4) is 0 Å². The molecule has 3 nitrogen and oxygen atoms in total. The van der Waals surface area contributed by atoms with Gasteiger partial charge in [-0.15, -0.1) is 11.8 Å². The summed E-state index contributed by atoms with van der Waals surface area (Å²) < 4.78 is 0. The molecule has 0 radical (unpaired) electrons. The first kappa shape index (κ1) is 16.6. The first-order valence-corrected chi connectivity index (χ1v) is 8.94. The Bertz CT molecular complexity index is 515. The number of benzene rings is 1. The number of thiocarbonyl (C=S) groups is 1. The lowest BCUT2D eigenvalue weighted by atomic mass is 10.0. The van der Waals surface area contributed by atoms with Gasteiger partial charge in [-0.1, -0.05) is 18.3 Å². The molecule has 0 atom stereocenters. The number of hydrogen-bond acceptors (Lipinski definition) is 4. The summed E-state index contributed by atoms with van der Waals surface area (Å²) in [5, 5.41) is 0. The summed E-state index contributed by atoms with van der Waals surface area (Å²) in [7, 11) is 0. The monoisotopic (exact) mass is 323 g/mol. The second kappa shape index (κ2) is 6.55. The van der Waals surface area contributed by atoms with Crippen molar-refractivity contribution >= 4 is 34.7 Å². The van der Waals surface area contributed by atoms with Crippen LogP contribution in [0.3, 0.4) is 0 Å². The number of rotatable bonds is 3. The number of nitrogens with zero attached hydrogens (tertiary/aromatic N) is 2. The summed E-state index contributed by atoms with van der Waals surface area (Å²) in [6, 6.07) is 6.33. The molecule has 2 N–H and O–H groups in total. The van der Waals surface area contributed by atoms with Crippen LogP contribution in [0.2, 0.25) is 0 Å². The topological polar surface area (TPSA) is 32.5 Å². The maximum Gasteiger partial charge on any atom is 0.107 e. The third-order valence-corrected chi connectivity index (χ3v) is 5.02. The van der Waals surface area contributed by atoms with Crippen LogP contribution in [0.5, 0.6) is 0 Å². The summed E-state index contributed by atoms with van der Waals surface area (Å²) in [5.41, 5.74) is 8.43. The first-order chi connectivity index (χ1) is 9.84. The fourth-order valence-electron chi connectivity index (χ4n) is 2.82. The summed E-state index contributed by atoms with van der Waals surface area (Å²) in [5.74, 6) is 0. The Balaban J connectivity index is 2.23. The van der Waals surface area contributed by atoms with Crippen LogP contribution in [0.4, 0.5) is 5.69 Å². The Morgan fingerprint density at radius 2 is 1.81 bits per heavy atom. The molecular weight excluding hydrogens is 298 g/mol. The Morgan fingerprint density at radius 3 is 2.29 bits per heavy atom. The minimum atomic E-state index is 0.235. The predicted molar refractivity (Wildman–Crippen MR) is 97.6 cm³/mol. The molecule has 0 saturated carbocycles.